The van der Waals surface area contributed by atoms with Crippen LogP contribution in [-0.2, 0) is 9.53 Å². The summed E-state index contributed by atoms with van der Waals surface area (Å²) in [5.74, 6) is 0.536. The van der Waals surface area contributed by atoms with Crippen molar-refractivity contribution in [2.75, 3.05) is 14.2 Å². The van der Waals surface area contributed by atoms with E-state index in [4.69, 9.17) is 4.74 Å². The van der Waals surface area contributed by atoms with Crippen LogP contribution in [0, 0.1) is 0 Å². The van der Waals surface area contributed by atoms with Crippen LogP contribution in [0.4, 0.5) is 0 Å². The van der Waals surface area contributed by atoms with Crippen molar-refractivity contribution in [3.63, 3.8) is 0 Å². The summed E-state index contributed by atoms with van der Waals surface area (Å²) in [5, 5.41) is 2.89. The number of ether oxygens (including phenoxy) is 1. The number of carbonyl (C=O) groups excluding carboxylic acids is 1. The zero-order valence-electron chi connectivity index (χ0n) is 15.0. The number of amides is 1. The van der Waals surface area contributed by atoms with Gasteiger partial charge in [-0.05, 0) is 36.6 Å². The van der Waals surface area contributed by atoms with Gasteiger partial charge in [-0.1, -0.05) is 37.5 Å². The maximum absolute atomic E-state index is 11.7. The number of aliphatic imine (C=N–C) groups is 1. The number of nitrogens with one attached hydrogen (secondary N) is 1. The molecule has 1 rings (SSSR count). The lowest BCUT2D eigenvalue weighted by Crippen LogP contribution is -2.20. The highest BCUT2D eigenvalue weighted by Crippen LogP contribution is 2.18. The number of nitrogens with zero attached hydrogens (tertiary/aromatic N) is 1. The first kappa shape index (κ1) is 20.2. The van der Waals surface area contributed by atoms with Gasteiger partial charge in [-0.2, -0.15) is 0 Å². The lowest BCUT2D eigenvalue weighted by Gasteiger charge is -2.04. The van der Waals surface area contributed by atoms with Crippen LogP contribution in [0.5, 0.6) is 0 Å². The molecule has 0 saturated heterocycles. The normalized spacial score (nSPS) is 14.8. The Morgan fingerprint density at radius 3 is 2.80 bits per heavy atom. The van der Waals surface area contributed by atoms with E-state index in [0.29, 0.717) is 18.6 Å². The summed E-state index contributed by atoms with van der Waals surface area (Å²) in [6, 6.07) is 0. The first-order valence-electron chi connectivity index (χ1n) is 8.07. The van der Waals surface area contributed by atoms with Crippen LogP contribution in [0.2, 0.25) is 0 Å². The van der Waals surface area contributed by atoms with E-state index in [0.717, 1.165) is 29.0 Å². The lowest BCUT2D eigenvalue weighted by atomic mass is 10.1. The van der Waals surface area contributed by atoms with Crippen LogP contribution in [0.15, 0.2) is 89.9 Å². The van der Waals surface area contributed by atoms with E-state index in [2.05, 4.69) is 30.0 Å². The van der Waals surface area contributed by atoms with Crippen molar-refractivity contribution in [2.45, 2.75) is 19.3 Å². The molecule has 0 spiro atoms. The molecule has 1 aliphatic carbocycles. The molecule has 0 atom stereocenters. The summed E-state index contributed by atoms with van der Waals surface area (Å²) in [6.45, 7) is 11.2. The summed E-state index contributed by atoms with van der Waals surface area (Å²) in [4.78, 5) is 16.0. The molecule has 1 amide bonds. The first-order valence-corrected chi connectivity index (χ1v) is 8.07. The molecule has 0 heterocycles. The fraction of sp³-hybridized carbons (Fsp3) is 0.238. The second-order valence-electron chi connectivity index (χ2n) is 5.37. The first-order chi connectivity index (χ1) is 12.0. The van der Waals surface area contributed by atoms with Crippen molar-refractivity contribution in [3.05, 3.63) is 84.9 Å². The van der Waals surface area contributed by atoms with Gasteiger partial charge in [0.1, 0.15) is 5.76 Å². The molecule has 0 aromatic rings. The van der Waals surface area contributed by atoms with Crippen molar-refractivity contribution in [1.29, 1.82) is 0 Å². The van der Waals surface area contributed by atoms with Gasteiger partial charge in [0.2, 0.25) is 5.91 Å². The second kappa shape index (κ2) is 10.8. The van der Waals surface area contributed by atoms with Crippen LogP contribution in [0.1, 0.15) is 19.3 Å². The van der Waals surface area contributed by atoms with Crippen molar-refractivity contribution in [2.24, 2.45) is 4.99 Å². The number of allylic oxidation sites excluding steroid dienone is 9. The Hall–Kier alpha value is -2.88. The van der Waals surface area contributed by atoms with Crippen LogP contribution in [0.3, 0.4) is 0 Å². The molecular formula is C21H26N2O2. The molecule has 0 aromatic carbocycles. The highest BCUT2D eigenvalue weighted by molar-refractivity contribution is 6.10. The van der Waals surface area contributed by atoms with Crippen molar-refractivity contribution in [3.8, 4) is 0 Å². The Balaban J connectivity index is 2.74. The Morgan fingerprint density at radius 1 is 1.44 bits per heavy atom. The minimum absolute atomic E-state index is 0.00149. The molecule has 0 bridgehead atoms. The summed E-state index contributed by atoms with van der Waals surface area (Å²) >= 11 is 0. The van der Waals surface area contributed by atoms with Crippen LogP contribution < -0.4 is 5.32 Å². The third-order valence-corrected chi connectivity index (χ3v) is 3.55. The highest BCUT2D eigenvalue weighted by atomic mass is 16.5. The maximum Gasteiger partial charge on any atom is 0.224 e. The van der Waals surface area contributed by atoms with E-state index in [9.17, 15) is 4.79 Å². The Kier molecular flexibility index (Phi) is 8.72. The summed E-state index contributed by atoms with van der Waals surface area (Å²) < 4.78 is 5.07. The molecule has 1 N–H and O–H groups in total. The van der Waals surface area contributed by atoms with Crippen molar-refractivity contribution < 1.29 is 9.53 Å². The van der Waals surface area contributed by atoms with E-state index in [1.807, 2.05) is 24.3 Å². The topological polar surface area (TPSA) is 50.7 Å². The second-order valence-corrected chi connectivity index (χ2v) is 5.37. The summed E-state index contributed by atoms with van der Waals surface area (Å²) in [7, 11) is 3.29. The Morgan fingerprint density at radius 2 is 2.20 bits per heavy atom. The molecule has 0 radical (unpaired) electrons. The van der Waals surface area contributed by atoms with E-state index < -0.39 is 0 Å². The average molecular weight is 338 g/mol. The predicted octanol–water partition coefficient (Wildman–Crippen LogP) is 4.18. The van der Waals surface area contributed by atoms with E-state index >= 15 is 0 Å². The Bertz CT molecular complexity index is 689. The van der Waals surface area contributed by atoms with Gasteiger partial charge in [0, 0.05) is 24.7 Å². The molecule has 0 saturated carbocycles. The quantitative estimate of drug-likeness (QED) is 0.281. The number of hydrogen-bond donors (Lipinski definition) is 1. The third kappa shape index (κ3) is 7.04. The third-order valence-electron chi connectivity index (χ3n) is 3.55. The number of carbonyl (C=O) groups is 1. The van der Waals surface area contributed by atoms with E-state index in [-0.39, 0.29) is 5.91 Å². The van der Waals surface area contributed by atoms with Crippen LogP contribution in [-0.4, -0.2) is 25.8 Å². The van der Waals surface area contributed by atoms with Gasteiger partial charge < -0.3 is 10.1 Å². The van der Waals surface area contributed by atoms with Gasteiger partial charge in [-0.3, -0.25) is 9.79 Å². The van der Waals surface area contributed by atoms with E-state index in [1.54, 1.807) is 32.4 Å². The smallest absolute Gasteiger partial charge is 0.224 e. The molecule has 0 aliphatic heterocycles. The predicted molar refractivity (Wildman–Crippen MR) is 105 cm³/mol. The Labute approximate surface area is 150 Å². The SMILES string of the molecule is C=CCCC(=O)NC1=CCC(/C=C\C(=NC)/C(C=C)=C/C(=C)OC)=C1. The largest absolute Gasteiger partial charge is 0.497 e. The van der Waals surface area contributed by atoms with Gasteiger partial charge in [0.05, 0.1) is 12.8 Å². The molecular weight excluding hydrogens is 312 g/mol. The number of methoxy groups -OCH3 is 1. The monoisotopic (exact) mass is 338 g/mol. The molecule has 132 valence electrons. The van der Waals surface area contributed by atoms with Gasteiger partial charge in [-0.25, -0.2) is 0 Å². The fourth-order valence-corrected chi connectivity index (χ4v) is 2.16. The summed E-state index contributed by atoms with van der Waals surface area (Å²) in [5.41, 5.74) is 3.53. The highest BCUT2D eigenvalue weighted by Gasteiger charge is 2.08. The van der Waals surface area contributed by atoms with Crippen molar-refractivity contribution >= 4 is 11.6 Å². The summed E-state index contributed by atoms with van der Waals surface area (Å²) in [6.07, 6.45) is 15.0. The lowest BCUT2D eigenvalue weighted by molar-refractivity contribution is -0.120. The fourth-order valence-electron chi connectivity index (χ4n) is 2.16. The average Bonchev–Trinajstić information content (AvgIpc) is 3.06. The van der Waals surface area contributed by atoms with Gasteiger partial charge >= 0.3 is 0 Å². The number of rotatable bonds is 10. The van der Waals surface area contributed by atoms with Gasteiger partial charge in [0.25, 0.3) is 0 Å². The van der Waals surface area contributed by atoms with Gasteiger partial charge in [-0.15, -0.1) is 6.58 Å². The molecule has 25 heavy (non-hydrogen) atoms. The zero-order valence-corrected chi connectivity index (χ0v) is 15.0. The van der Waals surface area contributed by atoms with E-state index in [1.165, 1.54) is 0 Å². The molecule has 0 fully saturated rings. The zero-order chi connectivity index (χ0) is 18.7. The minimum Gasteiger partial charge on any atom is -0.497 e. The standard InChI is InChI=1S/C21H26N2O2/c1-6-8-9-21(24)23-19-12-10-17(15-19)11-13-20(22-4)18(7-2)14-16(3)25-5/h6-7,11-15H,1-3,8-10H2,4-5H3,(H,23,24)/b13-11-,18-14+,22-20?. The molecule has 4 nitrogen and oxygen atoms in total. The van der Waals surface area contributed by atoms with Crippen molar-refractivity contribution in [1.82, 2.24) is 5.32 Å². The molecule has 0 aromatic heterocycles. The van der Waals surface area contributed by atoms with Gasteiger partial charge in [0.15, 0.2) is 0 Å². The number of hydrogen-bond acceptors (Lipinski definition) is 3. The minimum atomic E-state index is -0.00149. The molecule has 1 aliphatic rings. The van der Waals surface area contributed by atoms with Crippen LogP contribution in [0.25, 0.3) is 0 Å². The maximum atomic E-state index is 11.7. The molecule has 0 unspecified atom stereocenters. The van der Waals surface area contributed by atoms with Crippen LogP contribution >= 0.6 is 0 Å². The molecule has 4 heteroatoms.